The van der Waals surface area contributed by atoms with Crippen LogP contribution in [0.1, 0.15) is 31.9 Å². The average molecular weight is 232 g/mol. The fourth-order valence-electron chi connectivity index (χ4n) is 1.98. The fraction of sp³-hybridized carbons (Fsp3) is 0.500. The van der Waals surface area contributed by atoms with E-state index >= 15 is 0 Å². The summed E-state index contributed by atoms with van der Waals surface area (Å²) in [5.74, 6) is 0. The molecule has 1 aromatic carbocycles. The van der Waals surface area contributed by atoms with Crippen LogP contribution in [0.15, 0.2) is 18.2 Å². The predicted octanol–water partition coefficient (Wildman–Crippen LogP) is 2.46. The highest BCUT2D eigenvalue weighted by Gasteiger charge is 2.20. The molecule has 0 aliphatic heterocycles. The number of anilines is 1. The summed E-state index contributed by atoms with van der Waals surface area (Å²) in [7, 11) is 0. The topological polar surface area (TPSA) is 47.3 Å². The van der Waals surface area contributed by atoms with Gasteiger partial charge in [0.25, 0.3) is 0 Å². The van der Waals surface area contributed by atoms with E-state index in [1.807, 2.05) is 36.9 Å². The Labute approximate surface area is 103 Å². The molecule has 0 heterocycles. The molecule has 0 radical (unpaired) electrons. The van der Waals surface area contributed by atoms with Crippen LogP contribution in [0, 0.1) is 18.3 Å². The summed E-state index contributed by atoms with van der Waals surface area (Å²) >= 11 is 0. The molecular weight excluding hydrogens is 212 g/mol. The van der Waals surface area contributed by atoms with Gasteiger partial charge >= 0.3 is 0 Å². The number of hydrogen-bond acceptors (Lipinski definition) is 3. The van der Waals surface area contributed by atoms with Crippen LogP contribution < -0.4 is 4.90 Å². The van der Waals surface area contributed by atoms with E-state index in [4.69, 9.17) is 5.26 Å². The summed E-state index contributed by atoms with van der Waals surface area (Å²) < 4.78 is 0. The van der Waals surface area contributed by atoms with E-state index < -0.39 is 5.60 Å². The number of nitriles is 1. The van der Waals surface area contributed by atoms with Crippen LogP contribution >= 0.6 is 0 Å². The average Bonchev–Trinajstić information content (AvgIpc) is 2.24. The number of likely N-dealkylation sites (N-methyl/N-ethyl adjacent to an activating group) is 1. The standard InChI is InChI=1S/C14H20N2O/c1-5-16(10-14(3,4)17)13-11(2)7-6-8-12(13)9-15/h6-8,17H,5,10H2,1-4H3. The summed E-state index contributed by atoms with van der Waals surface area (Å²) in [6.07, 6.45) is 0. The monoisotopic (exact) mass is 232 g/mol. The van der Waals surface area contributed by atoms with Crippen LogP contribution in [-0.4, -0.2) is 23.8 Å². The van der Waals surface area contributed by atoms with Crippen LogP contribution in [0.25, 0.3) is 0 Å². The van der Waals surface area contributed by atoms with Crippen molar-refractivity contribution in [3.05, 3.63) is 29.3 Å². The second kappa shape index (κ2) is 5.20. The zero-order valence-electron chi connectivity index (χ0n) is 11.0. The number of aryl methyl sites for hydroxylation is 1. The van der Waals surface area contributed by atoms with Crippen molar-refractivity contribution >= 4 is 5.69 Å². The minimum Gasteiger partial charge on any atom is -0.389 e. The van der Waals surface area contributed by atoms with Gasteiger partial charge in [0.15, 0.2) is 0 Å². The quantitative estimate of drug-likeness (QED) is 0.867. The molecule has 0 aliphatic rings. The SMILES string of the molecule is CCN(CC(C)(C)O)c1c(C)cccc1C#N. The van der Waals surface area contributed by atoms with Crippen molar-refractivity contribution in [3.63, 3.8) is 0 Å². The van der Waals surface area contributed by atoms with Crippen molar-refractivity contribution in [2.24, 2.45) is 0 Å². The molecule has 92 valence electrons. The van der Waals surface area contributed by atoms with E-state index in [1.54, 1.807) is 13.8 Å². The van der Waals surface area contributed by atoms with Gasteiger partial charge in [-0.1, -0.05) is 12.1 Å². The highest BCUT2D eigenvalue weighted by atomic mass is 16.3. The first-order valence-corrected chi connectivity index (χ1v) is 5.86. The molecule has 0 saturated carbocycles. The zero-order chi connectivity index (χ0) is 13.1. The molecule has 1 aromatic rings. The summed E-state index contributed by atoms with van der Waals surface area (Å²) in [5, 5.41) is 19.1. The maximum atomic E-state index is 9.91. The number of benzene rings is 1. The van der Waals surface area contributed by atoms with Gasteiger partial charge in [-0.3, -0.25) is 0 Å². The number of para-hydroxylation sites is 1. The molecule has 0 atom stereocenters. The maximum Gasteiger partial charge on any atom is 0.101 e. The fourth-order valence-corrected chi connectivity index (χ4v) is 1.98. The molecular formula is C14H20N2O. The lowest BCUT2D eigenvalue weighted by Gasteiger charge is -2.31. The minimum absolute atomic E-state index is 0.517. The van der Waals surface area contributed by atoms with Gasteiger partial charge in [-0.15, -0.1) is 0 Å². The molecule has 0 spiro atoms. The van der Waals surface area contributed by atoms with Crippen molar-refractivity contribution < 1.29 is 5.11 Å². The van der Waals surface area contributed by atoms with Crippen LogP contribution in [0.5, 0.6) is 0 Å². The van der Waals surface area contributed by atoms with Gasteiger partial charge in [0.1, 0.15) is 6.07 Å². The first-order chi connectivity index (χ1) is 7.89. The molecule has 0 aromatic heterocycles. The second-order valence-corrected chi connectivity index (χ2v) is 4.91. The lowest BCUT2D eigenvalue weighted by molar-refractivity contribution is 0.0875. The Kier molecular flexibility index (Phi) is 4.14. The Morgan fingerprint density at radius 3 is 2.53 bits per heavy atom. The minimum atomic E-state index is -0.773. The van der Waals surface area contributed by atoms with Crippen molar-refractivity contribution in [1.29, 1.82) is 5.26 Å². The van der Waals surface area contributed by atoms with Gasteiger partial charge in [0.05, 0.1) is 16.9 Å². The summed E-state index contributed by atoms with van der Waals surface area (Å²) in [4.78, 5) is 2.05. The molecule has 0 aliphatic carbocycles. The highest BCUT2D eigenvalue weighted by Crippen LogP contribution is 2.25. The molecule has 0 unspecified atom stereocenters. The Bertz CT molecular complexity index is 427. The second-order valence-electron chi connectivity index (χ2n) is 4.91. The van der Waals surface area contributed by atoms with Crippen molar-refractivity contribution in [2.75, 3.05) is 18.0 Å². The van der Waals surface area contributed by atoms with Gasteiger partial charge < -0.3 is 10.0 Å². The molecule has 17 heavy (non-hydrogen) atoms. The Balaban J connectivity index is 3.16. The van der Waals surface area contributed by atoms with Crippen molar-refractivity contribution in [3.8, 4) is 6.07 Å². The van der Waals surface area contributed by atoms with Crippen molar-refractivity contribution in [2.45, 2.75) is 33.3 Å². The Hall–Kier alpha value is -1.53. The molecule has 1 rings (SSSR count). The third-order valence-electron chi connectivity index (χ3n) is 2.63. The summed E-state index contributed by atoms with van der Waals surface area (Å²) in [6, 6.07) is 7.90. The van der Waals surface area contributed by atoms with E-state index in [9.17, 15) is 5.11 Å². The normalized spacial score (nSPS) is 11.1. The first-order valence-electron chi connectivity index (χ1n) is 5.86. The van der Waals surface area contributed by atoms with E-state index in [1.165, 1.54) is 0 Å². The van der Waals surface area contributed by atoms with Gasteiger partial charge in [0, 0.05) is 13.1 Å². The predicted molar refractivity (Wildman–Crippen MR) is 70.1 cm³/mol. The molecule has 1 N–H and O–H groups in total. The maximum absolute atomic E-state index is 9.91. The van der Waals surface area contributed by atoms with Gasteiger partial charge in [-0.05, 0) is 39.3 Å². The van der Waals surface area contributed by atoms with E-state index in [0.717, 1.165) is 17.8 Å². The van der Waals surface area contributed by atoms with Crippen LogP contribution in [0.4, 0.5) is 5.69 Å². The lowest BCUT2D eigenvalue weighted by Crippen LogP contribution is -2.39. The van der Waals surface area contributed by atoms with Crippen LogP contribution in [0.2, 0.25) is 0 Å². The number of aliphatic hydroxyl groups is 1. The lowest BCUT2D eigenvalue weighted by atomic mass is 10.0. The zero-order valence-corrected chi connectivity index (χ0v) is 11.0. The molecule has 0 bridgehead atoms. The number of nitrogens with zero attached hydrogens (tertiary/aromatic N) is 2. The molecule has 0 fully saturated rings. The third kappa shape index (κ3) is 3.47. The number of rotatable bonds is 4. The molecule has 0 saturated heterocycles. The van der Waals surface area contributed by atoms with Gasteiger partial charge in [0.2, 0.25) is 0 Å². The Morgan fingerprint density at radius 1 is 1.41 bits per heavy atom. The molecule has 0 amide bonds. The van der Waals surface area contributed by atoms with Gasteiger partial charge in [-0.2, -0.15) is 5.26 Å². The summed E-state index contributed by atoms with van der Waals surface area (Å²) in [5.41, 5.74) is 1.89. The van der Waals surface area contributed by atoms with E-state index in [-0.39, 0.29) is 0 Å². The third-order valence-corrected chi connectivity index (χ3v) is 2.63. The van der Waals surface area contributed by atoms with Crippen molar-refractivity contribution in [1.82, 2.24) is 0 Å². The van der Waals surface area contributed by atoms with E-state index in [2.05, 4.69) is 6.07 Å². The Morgan fingerprint density at radius 2 is 2.06 bits per heavy atom. The molecule has 3 nitrogen and oxygen atoms in total. The smallest absolute Gasteiger partial charge is 0.101 e. The van der Waals surface area contributed by atoms with Crippen LogP contribution in [0.3, 0.4) is 0 Å². The van der Waals surface area contributed by atoms with Gasteiger partial charge in [-0.25, -0.2) is 0 Å². The van der Waals surface area contributed by atoms with Crippen LogP contribution in [-0.2, 0) is 0 Å². The molecule has 3 heteroatoms. The highest BCUT2D eigenvalue weighted by molar-refractivity contribution is 5.64. The van der Waals surface area contributed by atoms with E-state index in [0.29, 0.717) is 12.1 Å². The largest absolute Gasteiger partial charge is 0.389 e. The summed E-state index contributed by atoms with van der Waals surface area (Å²) in [6.45, 7) is 8.86. The first kappa shape index (κ1) is 13.5. The number of hydrogen-bond donors (Lipinski definition) is 1.